The molecular formula is C20H26N4O3. The van der Waals surface area contributed by atoms with Crippen LogP contribution in [0.25, 0.3) is 11.4 Å². The van der Waals surface area contributed by atoms with E-state index in [-0.39, 0.29) is 18.6 Å². The van der Waals surface area contributed by atoms with E-state index in [9.17, 15) is 9.90 Å². The maximum absolute atomic E-state index is 12.5. The fourth-order valence-electron chi connectivity index (χ4n) is 3.37. The van der Waals surface area contributed by atoms with Crippen LogP contribution in [0.2, 0.25) is 0 Å². The van der Waals surface area contributed by atoms with Crippen LogP contribution < -0.4 is 10.1 Å². The largest absolute Gasteiger partial charge is 0.481 e. The maximum atomic E-state index is 12.5. The van der Waals surface area contributed by atoms with Gasteiger partial charge in [0, 0.05) is 42.5 Å². The number of hydrogen-bond donors (Lipinski definition) is 2. The third kappa shape index (κ3) is 5.02. The molecule has 7 nitrogen and oxygen atoms in total. The van der Waals surface area contributed by atoms with Gasteiger partial charge in [0.2, 0.25) is 5.88 Å². The number of nitrogens with one attached hydrogen (secondary N) is 1. The highest BCUT2D eigenvalue weighted by Gasteiger charge is 2.21. The number of aliphatic hydroxyl groups excluding tert-OH is 1. The minimum absolute atomic E-state index is 0.127. The van der Waals surface area contributed by atoms with Crippen molar-refractivity contribution in [1.29, 1.82) is 0 Å². The van der Waals surface area contributed by atoms with Crippen molar-refractivity contribution in [1.82, 2.24) is 20.2 Å². The Labute approximate surface area is 159 Å². The lowest BCUT2D eigenvalue weighted by molar-refractivity contribution is 0.0849. The van der Waals surface area contributed by atoms with Gasteiger partial charge in [-0.3, -0.25) is 9.69 Å². The number of nitrogens with zero attached hydrogens (tertiary/aromatic N) is 3. The van der Waals surface area contributed by atoms with E-state index >= 15 is 0 Å². The highest BCUT2D eigenvalue weighted by atomic mass is 16.5. The van der Waals surface area contributed by atoms with Crippen LogP contribution in [-0.2, 0) is 0 Å². The Morgan fingerprint density at radius 3 is 3.07 bits per heavy atom. The second-order valence-electron chi connectivity index (χ2n) is 6.63. The first kappa shape index (κ1) is 19.3. The molecule has 0 saturated carbocycles. The van der Waals surface area contributed by atoms with E-state index in [1.807, 2.05) is 12.1 Å². The van der Waals surface area contributed by atoms with Crippen LogP contribution >= 0.6 is 0 Å². The Balaban J connectivity index is 1.60. The number of likely N-dealkylation sites (tertiary alicyclic amines) is 1. The molecule has 1 atom stereocenters. The monoisotopic (exact) mass is 370 g/mol. The minimum Gasteiger partial charge on any atom is -0.481 e. The standard InChI is InChI=1S/C20H26N4O3/c1-27-18-8-9-21-19(23-18)15-5-4-6-16(13-15)20(26)22-10-12-24-11-3-2-7-17(24)14-25/h4-6,8-9,13,17,25H,2-3,7,10-12,14H2,1H3,(H,22,26)/t17-/m0/s1. The van der Waals surface area contributed by atoms with Crippen LogP contribution in [0.5, 0.6) is 5.88 Å². The molecule has 1 aromatic heterocycles. The highest BCUT2D eigenvalue weighted by molar-refractivity contribution is 5.95. The first-order valence-corrected chi connectivity index (χ1v) is 9.32. The number of piperidine rings is 1. The SMILES string of the molecule is COc1ccnc(-c2cccc(C(=O)NCCN3CCCC[C@H]3CO)c2)n1. The van der Waals surface area contributed by atoms with Crippen molar-refractivity contribution >= 4 is 5.91 Å². The van der Waals surface area contributed by atoms with Crippen molar-refractivity contribution in [2.24, 2.45) is 0 Å². The van der Waals surface area contributed by atoms with Gasteiger partial charge < -0.3 is 15.2 Å². The van der Waals surface area contributed by atoms with Crippen molar-refractivity contribution in [3.8, 4) is 17.3 Å². The van der Waals surface area contributed by atoms with Crippen LogP contribution in [-0.4, -0.2) is 65.3 Å². The Hall–Kier alpha value is -2.51. The number of hydrogen-bond acceptors (Lipinski definition) is 6. The Kier molecular flexibility index (Phi) is 6.73. The van der Waals surface area contributed by atoms with Gasteiger partial charge in [-0.2, -0.15) is 4.98 Å². The predicted molar refractivity (Wildman–Crippen MR) is 103 cm³/mol. The van der Waals surface area contributed by atoms with Gasteiger partial charge in [-0.1, -0.05) is 18.6 Å². The number of rotatable bonds is 7. The van der Waals surface area contributed by atoms with Gasteiger partial charge in [0.05, 0.1) is 13.7 Å². The molecule has 1 saturated heterocycles. The average Bonchev–Trinajstić information content (AvgIpc) is 2.74. The Bertz CT molecular complexity index is 768. The van der Waals surface area contributed by atoms with E-state index in [0.29, 0.717) is 23.8 Å². The minimum atomic E-state index is -0.127. The molecule has 0 spiro atoms. The molecule has 7 heteroatoms. The molecule has 2 heterocycles. The normalized spacial score (nSPS) is 17.5. The van der Waals surface area contributed by atoms with E-state index in [0.717, 1.165) is 37.9 Å². The zero-order valence-corrected chi connectivity index (χ0v) is 15.6. The van der Waals surface area contributed by atoms with Crippen molar-refractivity contribution in [3.05, 3.63) is 42.1 Å². The smallest absolute Gasteiger partial charge is 0.251 e. The van der Waals surface area contributed by atoms with Gasteiger partial charge in [-0.05, 0) is 31.5 Å². The second kappa shape index (κ2) is 9.43. The summed E-state index contributed by atoms with van der Waals surface area (Å²) in [6.07, 6.45) is 4.96. The molecule has 27 heavy (non-hydrogen) atoms. The van der Waals surface area contributed by atoms with E-state index in [4.69, 9.17) is 4.74 Å². The summed E-state index contributed by atoms with van der Waals surface area (Å²) < 4.78 is 5.13. The first-order chi connectivity index (χ1) is 13.2. The van der Waals surface area contributed by atoms with Crippen LogP contribution in [0.15, 0.2) is 36.5 Å². The summed E-state index contributed by atoms with van der Waals surface area (Å²) in [6.45, 7) is 2.45. The zero-order chi connectivity index (χ0) is 19.1. The summed E-state index contributed by atoms with van der Waals surface area (Å²) >= 11 is 0. The average molecular weight is 370 g/mol. The van der Waals surface area contributed by atoms with Gasteiger partial charge in [0.25, 0.3) is 5.91 Å². The Morgan fingerprint density at radius 2 is 2.26 bits per heavy atom. The van der Waals surface area contributed by atoms with E-state index in [1.165, 1.54) is 0 Å². The number of benzene rings is 1. The molecule has 0 radical (unpaired) electrons. The topological polar surface area (TPSA) is 87.6 Å². The van der Waals surface area contributed by atoms with Crippen LogP contribution in [0.1, 0.15) is 29.6 Å². The zero-order valence-electron chi connectivity index (χ0n) is 15.6. The number of carbonyl (C=O) groups excluding carboxylic acids is 1. The van der Waals surface area contributed by atoms with Crippen molar-refractivity contribution in [3.63, 3.8) is 0 Å². The lowest BCUT2D eigenvalue weighted by Crippen LogP contribution is -2.45. The summed E-state index contributed by atoms with van der Waals surface area (Å²) in [6, 6.07) is 9.13. The van der Waals surface area contributed by atoms with E-state index < -0.39 is 0 Å². The quantitative estimate of drug-likeness (QED) is 0.772. The summed E-state index contributed by atoms with van der Waals surface area (Å²) in [7, 11) is 1.56. The van der Waals surface area contributed by atoms with Crippen LogP contribution in [0, 0.1) is 0 Å². The molecule has 1 aliphatic heterocycles. The van der Waals surface area contributed by atoms with Gasteiger partial charge in [-0.25, -0.2) is 4.98 Å². The number of aliphatic hydroxyl groups is 1. The van der Waals surface area contributed by atoms with Crippen LogP contribution in [0.3, 0.4) is 0 Å². The molecule has 3 rings (SSSR count). The molecule has 2 aromatic rings. The first-order valence-electron chi connectivity index (χ1n) is 9.32. The third-order valence-electron chi connectivity index (χ3n) is 4.87. The van der Waals surface area contributed by atoms with Gasteiger partial charge in [0.15, 0.2) is 5.82 Å². The molecule has 1 aromatic carbocycles. The maximum Gasteiger partial charge on any atom is 0.251 e. The highest BCUT2D eigenvalue weighted by Crippen LogP contribution is 2.19. The van der Waals surface area contributed by atoms with Crippen LogP contribution in [0.4, 0.5) is 0 Å². The second-order valence-corrected chi connectivity index (χ2v) is 6.63. The number of methoxy groups -OCH3 is 1. The molecular weight excluding hydrogens is 344 g/mol. The number of amides is 1. The molecule has 1 fully saturated rings. The third-order valence-corrected chi connectivity index (χ3v) is 4.87. The number of carbonyl (C=O) groups is 1. The summed E-state index contributed by atoms with van der Waals surface area (Å²) in [5.41, 5.74) is 1.33. The van der Waals surface area contributed by atoms with Crippen molar-refractivity contribution in [2.75, 3.05) is 33.4 Å². The fraction of sp³-hybridized carbons (Fsp3) is 0.450. The molecule has 0 unspecified atom stereocenters. The molecule has 1 aliphatic rings. The van der Waals surface area contributed by atoms with Gasteiger partial charge in [0.1, 0.15) is 0 Å². The van der Waals surface area contributed by atoms with Crippen molar-refractivity contribution in [2.45, 2.75) is 25.3 Å². The molecule has 144 valence electrons. The lowest BCUT2D eigenvalue weighted by Gasteiger charge is -2.34. The predicted octanol–water partition coefficient (Wildman–Crippen LogP) is 1.73. The molecule has 0 bridgehead atoms. The van der Waals surface area contributed by atoms with Gasteiger partial charge in [-0.15, -0.1) is 0 Å². The van der Waals surface area contributed by atoms with E-state index in [1.54, 1.807) is 31.5 Å². The number of aromatic nitrogens is 2. The summed E-state index contributed by atoms with van der Waals surface area (Å²) in [5, 5.41) is 12.4. The van der Waals surface area contributed by atoms with Gasteiger partial charge >= 0.3 is 0 Å². The lowest BCUT2D eigenvalue weighted by atomic mass is 10.0. The Morgan fingerprint density at radius 1 is 1.37 bits per heavy atom. The van der Waals surface area contributed by atoms with Crippen molar-refractivity contribution < 1.29 is 14.6 Å². The molecule has 0 aliphatic carbocycles. The number of ether oxygens (including phenoxy) is 1. The van der Waals surface area contributed by atoms with E-state index in [2.05, 4.69) is 20.2 Å². The summed E-state index contributed by atoms with van der Waals surface area (Å²) in [4.78, 5) is 23.3. The molecule has 1 amide bonds. The summed E-state index contributed by atoms with van der Waals surface area (Å²) in [5.74, 6) is 0.871. The molecule has 2 N–H and O–H groups in total. The fourth-order valence-corrected chi connectivity index (χ4v) is 3.37.